The molecule has 2 heterocycles. The van der Waals surface area contributed by atoms with Crippen molar-refractivity contribution < 1.29 is 24.1 Å². The van der Waals surface area contributed by atoms with Crippen molar-refractivity contribution in [2.24, 2.45) is 5.92 Å². The number of aliphatic hydroxyl groups excluding tert-OH is 1. The third kappa shape index (κ3) is 2.69. The summed E-state index contributed by atoms with van der Waals surface area (Å²) in [5.41, 5.74) is 0.925. The number of nitrogens with zero attached hydrogens (tertiary/aromatic N) is 1. The van der Waals surface area contributed by atoms with E-state index in [1.54, 1.807) is 0 Å². The normalized spacial score (nSPS) is 33.8. The molecule has 120 valence electrons. The van der Waals surface area contributed by atoms with E-state index in [4.69, 9.17) is 14.2 Å². The van der Waals surface area contributed by atoms with Crippen LogP contribution in [0.2, 0.25) is 0 Å². The Hall–Kier alpha value is -1.63. The van der Waals surface area contributed by atoms with Gasteiger partial charge in [-0.2, -0.15) is 0 Å². The Balaban J connectivity index is 1.66. The molecule has 2 fully saturated rings. The van der Waals surface area contributed by atoms with Crippen LogP contribution in [0, 0.1) is 5.92 Å². The topological polar surface area (TPSA) is 68.2 Å². The summed E-state index contributed by atoms with van der Waals surface area (Å²) in [6.45, 7) is 2.49. The van der Waals surface area contributed by atoms with Crippen molar-refractivity contribution >= 4 is 6.09 Å². The highest BCUT2D eigenvalue weighted by Gasteiger charge is 2.53. The second-order valence-electron chi connectivity index (χ2n) is 5.81. The minimum absolute atomic E-state index is 0.0328. The molecular weight excluding hydrogens is 286 g/mol. The van der Waals surface area contributed by atoms with E-state index in [-0.39, 0.29) is 18.6 Å². The van der Waals surface area contributed by atoms with Gasteiger partial charge in [0.2, 0.25) is 0 Å². The number of morpholine rings is 1. The molecule has 0 aliphatic carbocycles. The maximum Gasteiger partial charge on any atom is 0.412 e. The highest BCUT2D eigenvalue weighted by atomic mass is 16.6. The van der Waals surface area contributed by atoms with Crippen LogP contribution in [0.5, 0.6) is 0 Å². The van der Waals surface area contributed by atoms with E-state index in [0.717, 1.165) is 5.56 Å². The van der Waals surface area contributed by atoms with Crippen LogP contribution in [0.1, 0.15) is 12.5 Å². The molecule has 5 atom stereocenters. The summed E-state index contributed by atoms with van der Waals surface area (Å²) in [5, 5.41) is 10.2. The van der Waals surface area contributed by atoms with E-state index in [2.05, 4.69) is 0 Å². The van der Waals surface area contributed by atoms with Crippen molar-refractivity contribution in [1.82, 2.24) is 4.90 Å². The van der Waals surface area contributed by atoms with Gasteiger partial charge in [0.25, 0.3) is 0 Å². The van der Waals surface area contributed by atoms with Crippen molar-refractivity contribution in [3.8, 4) is 0 Å². The van der Waals surface area contributed by atoms with Crippen molar-refractivity contribution in [1.29, 1.82) is 0 Å². The van der Waals surface area contributed by atoms with E-state index in [1.807, 2.05) is 37.3 Å². The van der Waals surface area contributed by atoms with Gasteiger partial charge in [0, 0.05) is 13.0 Å². The largest absolute Gasteiger partial charge is 0.444 e. The number of carbonyl (C=O) groups excluding carboxylic acids is 1. The molecule has 1 N–H and O–H groups in total. The number of rotatable bonds is 3. The molecule has 1 aromatic rings. The standard InChI is InChI=1S/C16H21NO5/c1-10-12-8-17(15(20-2)14(22-12)13(10)18)16(19)21-9-11-6-4-3-5-7-11/h3-7,10,12-15,18H,8-9H2,1-2H3/t10-,12-,13+,14-,15-/m1/s1. The van der Waals surface area contributed by atoms with Gasteiger partial charge in [-0.3, -0.25) is 4.90 Å². The van der Waals surface area contributed by atoms with Gasteiger partial charge in [0.05, 0.1) is 18.8 Å². The van der Waals surface area contributed by atoms with Gasteiger partial charge in [-0.25, -0.2) is 4.79 Å². The van der Waals surface area contributed by atoms with Crippen LogP contribution in [0.25, 0.3) is 0 Å². The zero-order chi connectivity index (χ0) is 15.7. The number of hydrogen-bond acceptors (Lipinski definition) is 5. The van der Waals surface area contributed by atoms with Gasteiger partial charge in [0.15, 0.2) is 6.23 Å². The number of carbonyl (C=O) groups is 1. The minimum Gasteiger partial charge on any atom is -0.444 e. The fourth-order valence-corrected chi connectivity index (χ4v) is 3.09. The van der Waals surface area contributed by atoms with Crippen molar-refractivity contribution in [3.05, 3.63) is 35.9 Å². The maximum atomic E-state index is 12.4. The van der Waals surface area contributed by atoms with Crippen LogP contribution in [-0.4, -0.2) is 54.3 Å². The number of hydrogen-bond donors (Lipinski definition) is 1. The molecule has 0 radical (unpaired) electrons. The molecule has 6 nitrogen and oxygen atoms in total. The lowest BCUT2D eigenvalue weighted by Gasteiger charge is -2.38. The van der Waals surface area contributed by atoms with Crippen LogP contribution >= 0.6 is 0 Å². The summed E-state index contributed by atoms with van der Waals surface area (Å²) >= 11 is 0. The second-order valence-corrected chi connectivity index (χ2v) is 5.81. The Kier molecular flexibility index (Phi) is 4.33. The summed E-state index contributed by atoms with van der Waals surface area (Å²) in [4.78, 5) is 13.9. The van der Waals surface area contributed by atoms with Gasteiger partial charge in [0.1, 0.15) is 12.7 Å². The molecule has 2 saturated heterocycles. The van der Waals surface area contributed by atoms with E-state index in [0.29, 0.717) is 6.54 Å². The maximum absolute atomic E-state index is 12.4. The Morgan fingerprint density at radius 1 is 1.41 bits per heavy atom. The van der Waals surface area contributed by atoms with Gasteiger partial charge in [-0.1, -0.05) is 37.3 Å². The smallest absolute Gasteiger partial charge is 0.412 e. The van der Waals surface area contributed by atoms with Crippen LogP contribution in [-0.2, 0) is 20.8 Å². The second kappa shape index (κ2) is 6.24. The number of amides is 1. The molecule has 0 aromatic heterocycles. The zero-order valence-corrected chi connectivity index (χ0v) is 12.7. The van der Waals surface area contributed by atoms with Crippen LogP contribution in [0.15, 0.2) is 30.3 Å². The molecule has 6 heteroatoms. The quantitative estimate of drug-likeness (QED) is 0.913. The summed E-state index contributed by atoms with van der Waals surface area (Å²) in [7, 11) is 1.50. The molecule has 2 aliphatic rings. The van der Waals surface area contributed by atoms with E-state index in [1.165, 1.54) is 12.0 Å². The predicted octanol–water partition coefficient (Wildman–Crippen LogP) is 1.38. The Labute approximate surface area is 129 Å². The van der Waals surface area contributed by atoms with Gasteiger partial charge < -0.3 is 19.3 Å². The molecule has 0 spiro atoms. The molecule has 0 unspecified atom stereocenters. The number of likely N-dealkylation sites (tertiary alicyclic amines) is 1. The highest BCUT2D eigenvalue weighted by molar-refractivity contribution is 5.68. The third-order valence-electron chi connectivity index (χ3n) is 4.44. The third-order valence-corrected chi connectivity index (χ3v) is 4.44. The number of benzene rings is 1. The molecule has 1 amide bonds. The van der Waals surface area contributed by atoms with Crippen LogP contribution in [0.3, 0.4) is 0 Å². The predicted molar refractivity (Wildman–Crippen MR) is 78.0 cm³/mol. The fourth-order valence-electron chi connectivity index (χ4n) is 3.09. The first-order valence-corrected chi connectivity index (χ1v) is 7.45. The monoisotopic (exact) mass is 307 g/mol. The average molecular weight is 307 g/mol. The van der Waals surface area contributed by atoms with Crippen molar-refractivity contribution in [2.75, 3.05) is 13.7 Å². The van der Waals surface area contributed by atoms with Crippen LogP contribution in [0.4, 0.5) is 4.79 Å². The fraction of sp³-hybridized carbons (Fsp3) is 0.562. The molecule has 1 aromatic carbocycles. The van der Waals surface area contributed by atoms with Gasteiger partial charge in [-0.15, -0.1) is 0 Å². The lowest BCUT2D eigenvalue weighted by molar-refractivity contribution is -0.174. The lowest BCUT2D eigenvalue weighted by Crippen LogP contribution is -2.56. The first-order valence-electron chi connectivity index (χ1n) is 7.45. The van der Waals surface area contributed by atoms with Gasteiger partial charge >= 0.3 is 6.09 Å². The van der Waals surface area contributed by atoms with Crippen molar-refractivity contribution in [2.45, 2.75) is 38.1 Å². The molecule has 2 bridgehead atoms. The van der Waals surface area contributed by atoms with E-state index >= 15 is 0 Å². The van der Waals surface area contributed by atoms with Gasteiger partial charge in [-0.05, 0) is 5.56 Å². The Morgan fingerprint density at radius 2 is 2.14 bits per heavy atom. The number of methoxy groups -OCH3 is 1. The average Bonchev–Trinajstić information content (AvgIpc) is 2.78. The first kappa shape index (κ1) is 15.3. The van der Waals surface area contributed by atoms with E-state index in [9.17, 15) is 9.90 Å². The minimum atomic E-state index is -0.637. The SMILES string of the molecule is CO[C@@H]1[C@@H]2O[C@H](CN1C(=O)OCc1ccccc1)[C@@H](C)[C@@H]2O. The Morgan fingerprint density at radius 3 is 2.82 bits per heavy atom. The number of ether oxygens (including phenoxy) is 3. The zero-order valence-electron chi connectivity index (χ0n) is 12.7. The summed E-state index contributed by atoms with van der Waals surface area (Å²) in [5.74, 6) is -0.0328. The van der Waals surface area contributed by atoms with Crippen LogP contribution < -0.4 is 0 Å². The number of aliphatic hydroxyl groups is 1. The van der Waals surface area contributed by atoms with Crippen molar-refractivity contribution in [3.63, 3.8) is 0 Å². The highest BCUT2D eigenvalue weighted by Crippen LogP contribution is 2.36. The van der Waals surface area contributed by atoms with E-state index < -0.39 is 24.5 Å². The molecular formula is C16H21NO5. The molecule has 2 aliphatic heterocycles. The lowest BCUT2D eigenvalue weighted by atomic mass is 10.00. The Bertz CT molecular complexity index is 523. The molecule has 3 rings (SSSR count). The summed E-state index contributed by atoms with van der Waals surface area (Å²) in [6, 6.07) is 9.50. The molecule has 22 heavy (non-hydrogen) atoms. The number of fused-ring (bicyclic) bond motifs is 2. The summed E-state index contributed by atoms with van der Waals surface area (Å²) in [6.07, 6.45) is -2.42. The summed E-state index contributed by atoms with van der Waals surface area (Å²) < 4.78 is 16.5. The molecule has 0 saturated carbocycles. The first-order chi connectivity index (χ1) is 10.6.